The number of hydrogen-bond donors (Lipinski definition) is 2. The number of nitrogens with zero attached hydrogens (tertiary/aromatic N) is 2. The summed E-state index contributed by atoms with van der Waals surface area (Å²) in [6.45, 7) is 1.79. The summed E-state index contributed by atoms with van der Waals surface area (Å²) in [6.07, 6.45) is 1.96. The molecule has 0 saturated carbocycles. The molecule has 1 heterocycles. The highest BCUT2D eigenvalue weighted by atomic mass is 127. The van der Waals surface area contributed by atoms with Gasteiger partial charge in [0.15, 0.2) is 0 Å². The lowest BCUT2D eigenvalue weighted by atomic mass is 10.3. The fourth-order valence-corrected chi connectivity index (χ4v) is 2.09. The van der Waals surface area contributed by atoms with Gasteiger partial charge in [-0.05, 0) is 22.6 Å². The van der Waals surface area contributed by atoms with Gasteiger partial charge in [-0.2, -0.15) is 0 Å². The predicted octanol–water partition coefficient (Wildman–Crippen LogP) is 0.504. The number of thiocarbonyl (C=S) groups is 1. The Hall–Kier alpha value is -0.740. The normalized spacial score (nSPS) is 10.3. The van der Waals surface area contributed by atoms with Crippen LogP contribution < -0.4 is 16.2 Å². The van der Waals surface area contributed by atoms with E-state index in [2.05, 4.69) is 9.97 Å². The van der Waals surface area contributed by atoms with Crippen molar-refractivity contribution in [3.8, 4) is 0 Å². The zero-order chi connectivity index (χ0) is 13.5. The van der Waals surface area contributed by atoms with Gasteiger partial charge in [0.1, 0.15) is 9.39 Å². The number of nitrogens with one attached hydrogen (secondary N) is 1. The van der Waals surface area contributed by atoms with Crippen LogP contribution in [0.5, 0.6) is 0 Å². The summed E-state index contributed by atoms with van der Waals surface area (Å²) in [4.78, 5) is 20.7. The monoisotopic (exact) mass is 382 g/mol. The van der Waals surface area contributed by atoms with Gasteiger partial charge in [0.05, 0.1) is 17.9 Å². The average Bonchev–Trinajstić information content (AvgIpc) is 2.33. The maximum absolute atomic E-state index is 11.5. The van der Waals surface area contributed by atoms with Crippen molar-refractivity contribution < 1.29 is 4.74 Å². The van der Waals surface area contributed by atoms with Gasteiger partial charge in [0, 0.05) is 26.6 Å². The van der Waals surface area contributed by atoms with Crippen LogP contribution in [0.4, 0.5) is 5.82 Å². The van der Waals surface area contributed by atoms with Crippen LogP contribution in [0.15, 0.2) is 11.1 Å². The fraction of sp³-hybridized carbons (Fsp3) is 0.500. The fourth-order valence-electron chi connectivity index (χ4n) is 1.36. The molecular weight excluding hydrogens is 367 g/mol. The molecule has 0 aliphatic heterocycles. The number of H-pyrrole nitrogens is 1. The number of halogens is 1. The lowest BCUT2D eigenvalue weighted by Gasteiger charge is -2.23. The molecule has 0 atom stereocenters. The van der Waals surface area contributed by atoms with E-state index in [4.69, 9.17) is 22.7 Å². The highest BCUT2D eigenvalue weighted by Gasteiger charge is 2.13. The van der Waals surface area contributed by atoms with E-state index in [1.165, 1.54) is 6.33 Å². The van der Waals surface area contributed by atoms with Gasteiger partial charge in [-0.3, -0.25) is 4.79 Å². The topological polar surface area (TPSA) is 84.2 Å². The number of nitrogens with two attached hydrogens (primary N) is 1. The van der Waals surface area contributed by atoms with Crippen molar-refractivity contribution in [1.29, 1.82) is 0 Å². The van der Waals surface area contributed by atoms with Crippen molar-refractivity contribution in [3.63, 3.8) is 0 Å². The van der Waals surface area contributed by atoms with Crippen LogP contribution in [-0.4, -0.2) is 41.8 Å². The molecule has 0 spiro atoms. The zero-order valence-corrected chi connectivity index (χ0v) is 13.0. The molecule has 0 bridgehead atoms. The molecule has 0 unspecified atom stereocenters. The van der Waals surface area contributed by atoms with E-state index in [-0.39, 0.29) is 5.56 Å². The number of methoxy groups -OCH3 is 1. The Bertz CT molecular complexity index is 465. The highest BCUT2D eigenvalue weighted by molar-refractivity contribution is 14.1. The third-order valence-corrected chi connectivity index (χ3v) is 3.45. The second-order valence-corrected chi connectivity index (χ2v) is 5.17. The minimum atomic E-state index is -0.154. The van der Waals surface area contributed by atoms with Crippen LogP contribution in [0.25, 0.3) is 0 Å². The minimum Gasteiger partial charge on any atom is -0.393 e. The van der Waals surface area contributed by atoms with E-state index in [1.807, 2.05) is 27.5 Å². The molecule has 100 valence electrons. The van der Waals surface area contributed by atoms with Crippen molar-refractivity contribution in [3.05, 3.63) is 20.3 Å². The molecule has 0 aliphatic carbocycles. The molecule has 0 aliphatic rings. The number of aromatic amines is 1. The molecule has 0 aromatic carbocycles. The summed E-state index contributed by atoms with van der Waals surface area (Å²) in [5.74, 6) is 0.632. The van der Waals surface area contributed by atoms with Gasteiger partial charge >= 0.3 is 0 Å². The van der Waals surface area contributed by atoms with Gasteiger partial charge in [-0.1, -0.05) is 12.2 Å². The summed E-state index contributed by atoms with van der Waals surface area (Å²) in [5.41, 5.74) is 5.34. The molecule has 0 fully saturated rings. The lowest BCUT2D eigenvalue weighted by molar-refractivity contribution is 0.205. The first-order valence-corrected chi connectivity index (χ1v) is 6.80. The molecular formula is C10H15IN4O2S. The zero-order valence-electron chi connectivity index (χ0n) is 9.98. The number of rotatable bonds is 7. The van der Waals surface area contributed by atoms with E-state index in [9.17, 15) is 4.79 Å². The molecule has 18 heavy (non-hydrogen) atoms. The Balaban J connectivity index is 2.89. The van der Waals surface area contributed by atoms with Crippen LogP contribution in [-0.2, 0) is 4.74 Å². The number of hydrogen-bond acceptors (Lipinski definition) is 5. The van der Waals surface area contributed by atoms with Gasteiger partial charge < -0.3 is 20.4 Å². The third kappa shape index (κ3) is 4.50. The van der Waals surface area contributed by atoms with E-state index in [0.29, 0.717) is 40.5 Å². The van der Waals surface area contributed by atoms with Crippen molar-refractivity contribution >= 4 is 45.6 Å². The minimum absolute atomic E-state index is 0.154. The van der Waals surface area contributed by atoms with Crippen molar-refractivity contribution in [2.45, 2.75) is 6.42 Å². The summed E-state index contributed by atoms with van der Waals surface area (Å²) < 4.78 is 5.60. The van der Waals surface area contributed by atoms with Gasteiger partial charge in [-0.15, -0.1) is 0 Å². The first kappa shape index (κ1) is 15.3. The van der Waals surface area contributed by atoms with Crippen molar-refractivity contribution in [2.24, 2.45) is 5.73 Å². The van der Waals surface area contributed by atoms with Crippen molar-refractivity contribution in [2.75, 3.05) is 31.7 Å². The molecule has 1 aromatic rings. The molecule has 1 aromatic heterocycles. The number of anilines is 1. The van der Waals surface area contributed by atoms with Crippen LogP contribution in [0.2, 0.25) is 0 Å². The number of ether oxygens (including phenoxy) is 1. The number of aromatic nitrogens is 2. The Labute approximate surface area is 124 Å². The smallest absolute Gasteiger partial charge is 0.266 e. The molecule has 3 N–H and O–H groups in total. The molecule has 0 saturated heterocycles. The highest BCUT2D eigenvalue weighted by Crippen LogP contribution is 2.15. The van der Waals surface area contributed by atoms with E-state index < -0.39 is 0 Å². The average molecular weight is 382 g/mol. The summed E-state index contributed by atoms with van der Waals surface area (Å²) in [6, 6.07) is 0. The first-order chi connectivity index (χ1) is 8.56. The Morgan fingerprint density at radius 1 is 1.67 bits per heavy atom. The van der Waals surface area contributed by atoms with Gasteiger partial charge in [0.25, 0.3) is 5.56 Å². The summed E-state index contributed by atoms with van der Waals surface area (Å²) in [7, 11) is 1.63. The Kier molecular flexibility index (Phi) is 6.50. The van der Waals surface area contributed by atoms with Gasteiger partial charge in [-0.25, -0.2) is 4.98 Å². The standard InChI is InChI=1S/C10H15IN4O2S/c1-17-5-4-15(3-2-7(12)18)9-8(11)10(16)14-6-13-9/h6H,2-5H2,1H3,(H2,12,18)(H,13,14,16). The van der Waals surface area contributed by atoms with E-state index in [1.54, 1.807) is 7.11 Å². The van der Waals surface area contributed by atoms with Crippen LogP contribution in [0.1, 0.15) is 6.42 Å². The third-order valence-electron chi connectivity index (χ3n) is 2.27. The molecule has 0 amide bonds. The quantitative estimate of drug-likeness (QED) is 0.528. The van der Waals surface area contributed by atoms with Crippen LogP contribution in [0.3, 0.4) is 0 Å². The SMILES string of the molecule is COCCN(CCC(N)=S)c1nc[nH]c(=O)c1I. The molecule has 1 rings (SSSR count). The lowest BCUT2D eigenvalue weighted by Crippen LogP contribution is -2.33. The first-order valence-electron chi connectivity index (χ1n) is 5.31. The van der Waals surface area contributed by atoms with Crippen LogP contribution >= 0.6 is 34.8 Å². The van der Waals surface area contributed by atoms with Crippen LogP contribution in [0, 0.1) is 3.57 Å². The van der Waals surface area contributed by atoms with Crippen molar-refractivity contribution in [1.82, 2.24) is 9.97 Å². The maximum atomic E-state index is 11.5. The maximum Gasteiger partial charge on any atom is 0.266 e. The molecule has 8 heteroatoms. The van der Waals surface area contributed by atoms with Gasteiger partial charge in [0.2, 0.25) is 0 Å². The largest absolute Gasteiger partial charge is 0.393 e. The predicted molar refractivity (Wildman–Crippen MR) is 83.1 cm³/mol. The van der Waals surface area contributed by atoms with E-state index >= 15 is 0 Å². The molecule has 6 nitrogen and oxygen atoms in total. The Morgan fingerprint density at radius 2 is 2.39 bits per heavy atom. The Morgan fingerprint density at radius 3 is 3.00 bits per heavy atom. The second-order valence-electron chi connectivity index (χ2n) is 3.57. The molecule has 0 radical (unpaired) electrons. The van der Waals surface area contributed by atoms with E-state index in [0.717, 1.165) is 0 Å². The second kappa shape index (κ2) is 7.64. The summed E-state index contributed by atoms with van der Waals surface area (Å²) >= 11 is 6.84. The summed E-state index contributed by atoms with van der Waals surface area (Å²) in [5, 5.41) is 0.